The van der Waals surface area contributed by atoms with Gasteiger partial charge in [0, 0.05) is 10.2 Å². The molecule has 0 bridgehead atoms. The second-order valence-corrected chi connectivity index (χ2v) is 2.88. The topological polar surface area (TPSA) is 36.1 Å². The summed E-state index contributed by atoms with van der Waals surface area (Å²) in [7, 11) is 1.10. The predicted molar refractivity (Wildman–Crippen MR) is 53.4 cm³/mol. The van der Waals surface area contributed by atoms with Gasteiger partial charge >= 0.3 is 0 Å². The van der Waals surface area contributed by atoms with Crippen molar-refractivity contribution in [2.24, 2.45) is 0 Å². The molecule has 0 aromatic carbocycles. The second kappa shape index (κ2) is 7.78. The zero-order valence-corrected chi connectivity index (χ0v) is 9.65. The summed E-state index contributed by atoms with van der Waals surface area (Å²) >= 11 is 0. The van der Waals surface area contributed by atoms with E-state index in [2.05, 4.69) is 35.5 Å². The first-order chi connectivity index (χ1) is 5.35. The van der Waals surface area contributed by atoms with Crippen LogP contribution in [0.3, 0.4) is 0 Å². The van der Waals surface area contributed by atoms with E-state index in [9.17, 15) is 0 Å². The molecule has 3 N–H and O–H groups in total. The molecule has 0 aromatic rings. The molecule has 0 spiro atoms. The van der Waals surface area contributed by atoms with Crippen LogP contribution in [0.15, 0.2) is 11.9 Å². The summed E-state index contributed by atoms with van der Waals surface area (Å²) in [5, 5.41) is 9.72. The van der Waals surface area contributed by atoms with Crippen LogP contribution in [0, 0.1) is 0 Å². The lowest BCUT2D eigenvalue weighted by Gasteiger charge is -2.18. The molecule has 0 amide bonds. The van der Waals surface area contributed by atoms with Crippen LogP contribution >= 0.6 is 0 Å². The second-order valence-electron chi connectivity index (χ2n) is 2.22. The van der Waals surface area contributed by atoms with Crippen LogP contribution in [0.5, 0.6) is 0 Å². The largest absolute Gasteiger partial charge is 0.364 e. The maximum atomic E-state index is 3.26. The molecule has 66 valence electrons. The van der Waals surface area contributed by atoms with Crippen LogP contribution in [0.25, 0.3) is 0 Å². The molecule has 0 radical (unpaired) electrons. The van der Waals surface area contributed by atoms with Crippen molar-refractivity contribution in [3.05, 3.63) is 11.9 Å². The standard InChI is InChI=1S/C7H19N3Si/c1-3-8-7(9-4-2)10-5-6-11/h5-10H,3-4H2,1-2,11H3. The molecule has 0 aliphatic rings. The summed E-state index contributed by atoms with van der Waals surface area (Å²) in [6.07, 6.45) is 2.21. The van der Waals surface area contributed by atoms with E-state index in [1.165, 1.54) is 0 Å². The number of hydrogen-bond acceptors (Lipinski definition) is 3. The van der Waals surface area contributed by atoms with Crippen molar-refractivity contribution in [1.29, 1.82) is 0 Å². The third-order valence-electron chi connectivity index (χ3n) is 1.25. The highest BCUT2D eigenvalue weighted by atomic mass is 28.1. The maximum absolute atomic E-state index is 3.26. The van der Waals surface area contributed by atoms with Gasteiger partial charge in [0.05, 0.1) is 0 Å². The van der Waals surface area contributed by atoms with E-state index in [0.29, 0.717) is 0 Å². The average molecular weight is 173 g/mol. The van der Waals surface area contributed by atoms with E-state index in [1.54, 1.807) is 0 Å². The third-order valence-corrected chi connectivity index (χ3v) is 1.58. The minimum atomic E-state index is 0.218. The molecule has 0 rings (SSSR count). The molecule has 0 saturated carbocycles. The van der Waals surface area contributed by atoms with Crippen molar-refractivity contribution < 1.29 is 0 Å². The molecule has 0 heterocycles. The lowest BCUT2D eigenvalue weighted by atomic mass is 10.6. The van der Waals surface area contributed by atoms with Crippen molar-refractivity contribution in [3.8, 4) is 0 Å². The molecule has 11 heavy (non-hydrogen) atoms. The molecule has 0 saturated heterocycles. The highest BCUT2D eigenvalue weighted by Crippen LogP contribution is 1.71. The van der Waals surface area contributed by atoms with Crippen LogP contribution in [0.1, 0.15) is 13.8 Å². The summed E-state index contributed by atoms with van der Waals surface area (Å²) in [6.45, 7) is 6.13. The van der Waals surface area contributed by atoms with E-state index >= 15 is 0 Å². The summed E-state index contributed by atoms with van der Waals surface area (Å²) in [4.78, 5) is 0. The van der Waals surface area contributed by atoms with Crippen LogP contribution in [-0.4, -0.2) is 29.6 Å². The summed E-state index contributed by atoms with van der Waals surface area (Å²) in [5.41, 5.74) is 2.11. The molecule has 0 aliphatic heterocycles. The maximum Gasteiger partial charge on any atom is 0.131 e. The monoisotopic (exact) mass is 173 g/mol. The normalized spacial score (nSPS) is 11.5. The van der Waals surface area contributed by atoms with Crippen LogP contribution in [0.2, 0.25) is 0 Å². The number of nitrogens with one attached hydrogen (secondary N) is 3. The minimum Gasteiger partial charge on any atom is -0.364 e. The smallest absolute Gasteiger partial charge is 0.131 e. The molecule has 3 nitrogen and oxygen atoms in total. The molecule has 0 unspecified atom stereocenters. The van der Waals surface area contributed by atoms with Crippen molar-refractivity contribution in [2.75, 3.05) is 13.1 Å². The van der Waals surface area contributed by atoms with Gasteiger partial charge < -0.3 is 5.32 Å². The van der Waals surface area contributed by atoms with Crippen LogP contribution in [0.4, 0.5) is 0 Å². The zero-order valence-electron chi connectivity index (χ0n) is 7.65. The molecular formula is C7H19N3Si. The first-order valence-electron chi connectivity index (χ1n) is 4.19. The fourth-order valence-electron chi connectivity index (χ4n) is 0.791. The molecule has 0 fully saturated rings. The first kappa shape index (κ1) is 10.7. The average Bonchev–Trinajstić information content (AvgIpc) is 2.01. The summed E-state index contributed by atoms with van der Waals surface area (Å²) < 4.78 is 0. The lowest BCUT2D eigenvalue weighted by molar-refractivity contribution is 0.407. The molecular weight excluding hydrogens is 154 g/mol. The number of hydrogen-bond donors (Lipinski definition) is 3. The number of rotatable bonds is 6. The highest BCUT2D eigenvalue weighted by Gasteiger charge is 1.98. The van der Waals surface area contributed by atoms with E-state index < -0.39 is 0 Å². The van der Waals surface area contributed by atoms with E-state index in [1.807, 2.05) is 6.20 Å². The van der Waals surface area contributed by atoms with E-state index in [4.69, 9.17) is 0 Å². The lowest BCUT2D eigenvalue weighted by Crippen LogP contribution is -2.50. The van der Waals surface area contributed by atoms with Gasteiger partial charge in [0.25, 0.3) is 0 Å². The Kier molecular flexibility index (Phi) is 7.55. The molecule has 0 aliphatic carbocycles. The Balaban J connectivity index is 3.50. The van der Waals surface area contributed by atoms with Gasteiger partial charge in [0.1, 0.15) is 6.29 Å². The minimum absolute atomic E-state index is 0.218. The Morgan fingerprint density at radius 3 is 2.18 bits per heavy atom. The zero-order chi connectivity index (χ0) is 8.53. The first-order valence-corrected chi connectivity index (χ1v) is 5.34. The van der Waals surface area contributed by atoms with Gasteiger partial charge in [0.2, 0.25) is 0 Å². The Bertz CT molecular complexity index is 99.9. The molecule has 4 heteroatoms. The van der Waals surface area contributed by atoms with Gasteiger partial charge in [-0.25, -0.2) is 0 Å². The van der Waals surface area contributed by atoms with Crippen LogP contribution in [-0.2, 0) is 0 Å². The Morgan fingerprint density at radius 1 is 1.27 bits per heavy atom. The van der Waals surface area contributed by atoms with Crippen LogP contribution < -0.4 is 16.0 Å². The third kappa shape index (κ3) is 6.09. The van der Waals surface area contributed by atoms with Crippen molar-refractivity contribution >= 4 is 10.2 Å². The molecule has 0 atom stereocenters. The van der Waals surface area contributed by atoms with E-state index in [0.717, 1.165) is 23.3 Å². The Labute approximate surface area is 72.1 Å². The van der Waals surface area contributed by atoms with Gasteiger partial charge in [-0.2, -0.15) is 0 Å². The van der Waals surface area contributed by atoms with Crippen molar-refractivity contribution in [2.45, 2.75) is 20.1 Å². The van der Waals surface area contributed by atoms with Crippen molar-refractivity contribution in [3.63, 3.8) is 0 Å². The highest BCUT2D eigenvalue weighted by molar-refractivity contribution is 6.16. The van der Waals surface area contributed by atoms with Gasteiger partial charge in [-0.3, -0.25) is 10.6 Å². The van der Waals surface area contributed by atoms with E-state index in [-0.39, 0.29) is 6.29 Å². The van der Waals surface area contributed by atoms with Gasteiger partial charge in [0.15, 0.2) is 0 Å². The quantitative estimate of drug-likeness (QED) is 0.353. The Hall–Kier alpha value is -0.323. The Morgan fingerprint density at radius 2 is 1.82 bits per heavy atom. The fourth-order valence-corrected chi connectivity index (χ4v) is 0.983. The predicted octanol–water partition coefficient (Wildman–Crippen LogP) is -1.08. The molecule has 0 aromatic heterocycles. The fraction of sp³-hybridized carbons (Fsp3) is 0.714. The van der Waals surface area contributed by atoms with Gasteiger partial charge in [-0.05, 0) is 19.3 Å². The van der Waals surface area contributed by atoms with Gasteiger partial charge in [-0.15, -0.1) is 0 Å². The SMILES string of the molecule is CCNC(NC=C[SiH3])NCC. The van der Waals surface area contributed by atoms with Crippen molar-refractivity contribution in [1.82, 2.24) is 16.0 Å². The summed E-state index contributed by atoms with van der Waals surface area (Å²) in [6, 6.07) is 0. The van der Waals surface area contributed by atoms with Gasteiger partial charge in [-0.1, -0.05) is 19.5 Å². The summed E-state index contributed by atoms with van der Waals surface area (Å²) in [5.74, 6) is 0.